The maximum Gasteiger partial charge on any atom is 0.302 e. The molecule has 2 aromatic heterocycles. The number of oxime groups is 1. The summed E-state index contributed by atoms with van der Waals surface area (Å²) >= 11 is 12.1. The van der Waals surface area contributed by atoms with Gasteiger partial charge in [-0.3, -0.25) is 4.79 Å². The van der Waals surface area contributed by atoms with Crippen molar-refractivity contribution >= 4 is 34.6 Å². The molecule has 0 atom stereocenters. The molecule has 0 saturated heterocycles. The van der Waals surface area contributed by atoms with Gasteiger partial charge in [-0.1, -0.05) is 52.6 Å². The minimum Gasteiger partial charge on any atom is -0.399 e. The highest BCUT2D eigenvalue weighted by Gasteiger charge is 2.19. The van der Waals surface area contributed by atoms with Crippen molar-refractivity contribution in [1.82, 2.24) is 19.8 Å². The molecule has 0 unspecified atom stereocenters. The number of halogens is 2. The number of nitrogens with zero attached hydrogens (tertiary/aromatic N) is 5. The average molecular weight is 440 g/mol. The maximum absolute atomic E-state index is 13.0. The number of hydrogen-bond donors (Lipinski definition) is 0. The van der Waals surface area contributed by atoms with Crippen molar-refractivity contribution in [3.8, 4) is 22.3 Å². The summed E-state index contributed by atoms with van der Waals surface area (Å²) in [6.07, 6.45) is 1.62. The zero-order valence-corrected chi connectivity index (χ0v) is 17.5. The van der Waals surface area contributed by atoms with E-state index >= 15 is 0 Å². The van der Waals surface area contributed by atoms with Crippen molar-refractivity contribution in [2.45, 2.75) is 6.92 Å². The molecule has 0 saturated carbocycles. The molecule has 0 radical (unpaired) electrons. The Kier molecular flexibility index (Phi) is 5.48. The van der Waals surface area contributed by atoms with Gasteiger partial charge < -0.3 is 4.84 Å². The molecule has 30 heavy (non-hydrogen) atoms. The van der Waals surface area contributed by atoms with Gasteiger partial charge >= 0.3 is 5.56 Å². The van der Waals surface area contributed by atoms with Crippen LogP contribution in [0.3, 0.4) is 0 Å². The first-order chi connectivity index (χ1) is 14.5. The van der Waals surface area contributed by atoms with Crippen LogP contribution in [0.2, 0.25) is 10.0 Å². The van der Waals surface area contributed by atoms with E-state index in [0.29, 0.717) is 27.0 Å². The van der Waals surface area contributed by atoms with E-state index in [-0.39, 0.29) is 5.69 Å². The molecule has 7 nitrogen and oxygen atoms in total. The fourth-order valence-corrected chi connectivity index (χ4v) is 3.35. The highest BCUT2D eigenvalue weighted by Crippen LogP contribution is 2.34. The molecular weight excluding hydrogens is 425 g/mol. The first kappa shape index (κ1) is 20.0. The topological polar surface area (TPSA) is 81.7 Å². The summed E-state index contributed by atoms with van der Waals surface area (Å²) in [4.78, 5) is 17.7. The van der Waals surface area contributed by atoms with Gasteiger partial charge in [0.15, 0.2) is 11.3 Å². The van der Waals surface area contributed by atoms with Gasteiger partial charge in [-0.15, -0.1) is 10.2 Å². The molecule has 2 heterocycles. The molecule has 150 valence electrons. The van der Waals surface area contributed by atoms with Crippen LogP contribution >= 0.6 is 23.2 Å². The number of rotatable bonds is 4. The lowest BCUT2D eigenvalue weighted by Crippen LogP contribution is -2.27. The molecule has 0 spiro atoms. The Bertz CT molecular complexity index is 1320. The zero-order chi connectivity index (χ0) is 21.3. The van der Waals surface area contributed by atoms with E-state index in [4.69, 9.17) is 28.0 Å². The molecule has 0 aliphatic heterocycles. The number of benzene rings is 2. The van der Waals surface area contributed by atoms with Crippen molar-refractivity contribution in [3.05, 3.63) is 80.8 Å². The standard InChI is InChI=1S/C21H15Cl2N5O2/c1-12(27-30-2)19-21(29)28-20(26-25-19)18(14-5-9-16(23)10-6-14)17(11-24-28)13-3-7-15(22)8-4-13/h3-11H,1-2H3/b27-12+. The summed E-state index contributed by atoms with van der Waals surface area (Å²) in [5, 5.41) is 17.7. The Morgan fingerprint density at radius 2 is 1.57 bits per heavy atom. The quantitative estimate of drug-likeness (QED) is 0.345. The van der Waals surface area contributed by atoms with Crippen molar-refractivity contribution < 1.29 is 4.84 Å². The van der Waals surface area contributed by atoms with Crippen LogP contribution < -0.4 is 5.56 Å². The second kappa shape index (κ2) is 8.22. The molecule has 0 amide bonds. The molecular formula is C21H15Cl2N5O2. The van der Waals surface area contributed by atoms with Gasteiger partial charge in [0.2, 0.25) is 0 Å². The second-order valence-electron chi connectivity index (χ2n) is 6.40. The van der Waals surface area contributed by atoms with E-state index in [1.165, 1.54) is 11.6 Å². The Balaban J connectivity index is 2.05. The first-order valence-corrected chi connectivity index (χ1v) is 9.64. The second-order valence-corrected chi connectivity index (χ2v) is 7.27. The molecule has 4 aromatic rings. The third-order valence-corrected chi connectivity index (χ3v) is 5.00. The Labute approximate surface area is 181 Å². The largest absolute Gasteiger partial charge is 0.399 e. The van der Waals surface area contributed by atoms with Crippen molar-refractivity contribution in [1.29, 1.82) is 0 Å². The molecule has 4 rings (SSSR count). The fraction of sp³-hybridized carbons (Fsp3) is 0.0952. The van der Waals surface area contributed by atoms with Crippen LogP contribution in [0.5, 0.6) is 0 Å². The third-order valence-electron chi connectivity index (χ3n) is 4.49. The normalized spacial score (nSPS) is 11.7. The Morgan fingerprint density at radius 3 is 2.17 bits per heavy atom. The molecule has 0 fully saturated rings. The summed E-state index contributed by atoms with van der Waals surface area (Å²) in [6.45, 7) is 1.61. The molecule has 9 heteroatoms. The van der Waals surface area contributed by atoms with E-state index in [0.717, 1.165) is 16.7 Å². The van der Waals surface area contributed by atoms with Crippen molar-refractivity contribution in [3.63, 3.8) is 0 Å². The van der Waals surface area contributed by atoms with E-state index in [2.05, 4.69) is 20.5 Å². The van der Waals surface area contributed by atoms with E-state index in [1.807, 2.05) is 24.3 Å². The summed E-state index contributed by atoms with van der Waals surface area (Å²) in [6, 6.07) is 14.6. The van der Waals surface area contributed by atoms with E-state index in [9.17, 15) is 4.79 Å². The minimum atomic E-state index is -0.448. The molecule has 2 aromatic carbocycles. The highest BCUT2D eigenvalue weighted by atomic mass is 35.5. The number of hydrogen-bond acceptors (Lipinski definition) is 6. The lowest BCUT2D eigenvalue weighted by atomic mass is 9.97. The monoisotopic (exact) mass is 439 g/mol. The molecule has 0 bridgehead atoms. The summed E-state index contributed by atoms with van der Waals surface area (Å²) < 4.78 is 1.21. The van der Waals surface area contributed by atoms with Gasteiger partial charge in [0, 0.05) is 21.2 Å². The van der Waals surface area contributed by atoms with Crippen LogP contribution in [0, 0.1) is 0 Å². The van der Waals surface area contributed by atoms with E-state index < -0.39 is 5.56 Å². The van der Waals surface area contributed by atoms with Crippen LogP contribution in [0.4, 0.5) is 0 Å². The van der Waals surface area contributed by atoms with Crippen LogP contribution in [-0.2, 0) is 4.84 Å². The van der Waals surface area contributed by atoms with Gasteiger partial charge in [-0.25, -0.2) is 0 Å². The predicted octanol–water partition coefficient (Wildman–Crippen LogP) is 4.50. The molecule has 0 aliphatic carbocycles. The maximum atomic E-state index is 13.0. The lowest BCUT2D eigenvalue weighted by molar-refractivity contribution is 0.213. The van der Waals surface area contributed by atoms with Crippen LogP contribution in [-0.4, -0.2) is 32.6 Å². The summed E-state index contributed by atoms with van der Waals surface area (Å²) in [5.74, 6) is 0. The molecule has 0 N–H and O–H groups in total. The Hall–Kier alpha value is -3.29. The lowest BCUT2D eigenvalue weighted by Gasteiger charge is -2.13. The van der Waals surface area contributed by atoms with Gasteiger partial charge in [0.05, 0.1) is 6.20 Å². The zero-order valence-electron chi connectivity index (χ0n) is 16.0. The summed E-state index contributed by atoms with van der Waals surface area (Å²) in [5.41, 5.74) is 3.38. The predicted molar refractivity (Wildman–Crippen MR) is 117 cm³/mol. The van der Waals surface area contributed by atoms with Crippen LogP contribution in [0.25, 0.3) is 27.9 Å². The number of fused-ring (bicyclic) bond motifs is 1. The fourth-order valence-electron chi connectivity index (χ4n) is 3.10. The van der Waals surface area contributed by atoms with Gasteiger partial charge in [-0.2, -0.15) is 9.61 Å². The SMILES string of the molecule is CO/N=C(\C)c1nnc2c(-c3ccc(Cl)cc3)c(-c3ccc(Cl)cc3)cnn2c1=O. The Morgan fingerprint density at radius 1 is 0.967 bits per heavy atom. The van der Waals surface area contributed by atoms with Crippen LogP contribution in [0.1, 0.15) is 12.6 Å². The number of aromatic nitrogens is 4. The first-order valence-electron chi connectivity index (χ1n) is 8.88. The minimum absolute atomic E-state index is 0.0585. The third kappa shape index (κ3) is 3.65. The highest BCUT2D eigenvalue weighted by molar-refractivity contribution is 6.31. The molecule has 0 aliphatic rings. The van der Waals surface area contributed by atoms with Crippen LogP contribution in [0.15, 0.2) is 64.7 Å². The smallest absolute Gasteiger partial charge is 0.302 e. The van der Waals surface area contributed by atoms with E-state index in [1.54, 1.807) is 37.4 Å². The van der Waals surface area contributed by atoms with Gasteiger partial charge in [0.1, 0.15) is 12.8 Å². The average Bonchev–Trinajstić information content (AvgIpc) is 2.75. The van der Waals surface area contributed by atoms with Gasteiger partial charge in [0.25, 0.3) is 0 Å². The van der Waals surface area contributed by atoms with Crippen molar-refractivity contribution in [2.24, 2.45) is 5.16 Å². The van der Waals surface area contributed by atoms with Gasteiger partial charge in [-0.05, 0) is 42.3 Å². The summed E-state index contributed by atoms with van der Waals surface area (Å²) in [7, 11) is 1.39. The van der Waals surface area contributed by atoms with Crippen molar-refractivity contribution in [2.75, 3.05) is 7.11 Å².